The van der Waals surface area contributed by atoms with Crippen molar-refractivity contribution in [2.45, 2.75) is 33.6 Å². The molecule has 0 saturated heterocycles. The Kier molecular flexibility index (Phi) is 6.51. The zero-order valence-electron chi connectivity index (χ0n) is 12.1. The largest absolute Gasteiger partial charge is 0.482 e. The van der Waals surface area contributed by atoms with Crippen LogP contribution in [0.15, 0.2) is 6.07 Å². The Bertz CT molecular complexity index is 466. The average Bonchev–Trinajstić information content (AvgIpc) is 2.81. The van der Waals surface area contributed by atoms with E-state index in [1.807, 2.05) is 20.8 Å². The molecule has 0 atom stereocenters. The average molecular weight is 299 g/mol. The summed E-state index contributed by atoms with van der Waals surface area (Å²) in [5, 5.41) is 9.15. The maximum absolute atomic E-state index is 11.8. The predicted molar refractivity (Wildman–Crippen MR) is 78.7 cm³/mol. The molecule has 1 aromatic rings. The number of aromatic carboxylic acids is 1. The zero-order valence-corrected chi connectivity index (χ0v) is 13.0. The molecular formula is C14H21NO4S. The number of ether oxygens (including phenoxy) is 1. The van der Waals surface area contributed by atoms with E-state index >= 15 is 0 Å². The molecule has 0 spiro atoms. The van der Waals surface area contributed by atoms with Gasteiger partial charge in [0, 0.05) is 18.0 Å². The fourth-order valence-electron chi connectivity index (χ4n) is 1.86. The number of rotatable bonds is 8. The second kappa shape index (κ2) is 7.89. The summed E-state index contributed by atoms with van der Waals surface area (Å²) in [4.78, 5) is 25.8. The summed E-state index contributed by atoms with van der Waals surface area (Å²) in [5.41, 5.74) is 0. The summed E-state index contributed by atoms with van der Waals surface area (Å²) in [5.74, 6) is -0.844. The van der Waals surface area contributed by atoms with Crippen LogP contribution in [0.25, 0.3) is 0 Å². The van der Waals surface area contributed by atoms with Gasteiger partial charge >= 0.3 is 5.97 Å². The van der Waals surface area contributed by atoms with Crippen LogP contribution < -0.4 is 4.74 Å². The van der Waals surface area contributed by atoms with Crippen molar-refractivity contribution >= 4 is 23.2 Å². The lowest BCUT2D eigenvalue weighted by Gasteiger charge is -2.18. The lowest BCUT2D eigenvalue weighted by Crippen LogP contribution is -2.34. The third-order valence-corrected chi connectivity index (χ3v) is 4.07. The van der Waals surface area contributed by atoms with Gasteiger partial charge in [-0.2, -0.15) is 0 Å². The normalized spacial score (nSPS) is 10.3. The first kappa shape index (κ1) is 16.5. The van der Waals surface area contributed by atoms with Gasteiger partial charge in [0.2, 0.25) is 0 Å². The predicted octanol–water partition coefficient (Wildman–Crippen LogP) is 2.65. The second-order valence-corrected chi connectivity index (χ2v) is 5.45. The maximum Gasteiger partial charge on any atom is 0.349 e. The van der Waals surface area contributed by atoms with Gasteiger partial charge in [-0.25, -0.2) is 4.79 Å². The molecule has 1 amide bonds. The van der Waals surface area contributed by atoms with Gasteiger partial charge in [-0.05, 0) is 26.3 Å². The van der Waals surface area contributed by atoms with Crippen molar-refractivity contribution in [1.82, 2.24) is 4.90 Å². The van der Waals surface area contributed by atoms with Crippen LogP contribution in [-0.4, -0.2) is 41.6 Å². The molecular weight excluding hydrogens is 278 g/mol. The molecule has 0 fully saturated rings. The second-order valence-electron chi connectivity index (χ2n) is 4.32. The summed E-state index contributed by atoms with van der Waals surface area (Å²) >= 11 is 1.21. The Morgan fingerprint density at radius 3 is 2.45 bits per heavy atom. The van der Waals surface area contributed by atoms with Crippen LogP contribution >= 0.6 is 11.3 Å². The molecule has 0 unspecified atom stereocenters. The molecule has 0 bridgehead atoms. The maximum atomic E-state index is 11.8. The van der Waals surface area contributed by atoms with Gasteiger partial charge in [0.15, 0.2) is 11.5 Å². The van der Waals surface area contributed by atoms with Gasteiger partial charge < -0.3 is 14.7 Å². The van der Waals surface area contributed by atoms with Gasteiger partial charge in [0.25, 0.3) is 5.91 Å². The monoisotopic (exact) mass is 299 g/mol. The molecule has 1 heterocycles. The molecule has 6 heteroatoms. The first-order valence-electron chi connectivity index (χ1n) is 6.79. The molecule has 1 N–H and O–H groups in total. The van der Waals surface area contributed by atoms with Crippen molar-refractivity contribution in [3.63, 3.8) is 0 Å². The first-order valence-corrected chi connectivity index (χ1v) is 7.61. The van der Waals surface area contributed by atoms with E-state index in [0.29, 0.717) is 18.8 Å². The SMILES string of the molecule is CCCc1cc(OCC(=O)N(CC)CC)c(C(=O)O)s1. The molecule has 0 aliphatic carbocycles. The number of carboxylic acids is 1. The van der Waals surface area contributed by atoms with Gasteiger partial charge in [-0.1, -0.05) is 13.3 Å². The van der Waals surface area contributed by atoms with E-state index in [4.69, 9.17) is 9.84 Å². The highest BCUT2D eigenvalue weighted by Gasteiger charge is 2.18. The molecule has 0 radical (unpaired) electrons. The third kappa shape index (κ3) is 4.23. The summed E-state index contributed by atoms with van der Waals surface area (Å²) in [7, 11) is 0. The van der Waals surface area contributed by atoms with Crippen LogP contribution in [0.5, 0.6) is 5.75 Å². The van der Waals surface area contributed by atoms with E-state index < -0.39 is 5.97 Å². The standard InChI is InChI=1S/C14H21NO4S/c1-4-7-10-8-11(13(20-10)14(17)18)19-9-12(16)15(5-2)6-3/h8H,4-7,9H2,1-3H3,(H,17,18). The van der Waals surface area contributed by atoms with E-state index in [9.17, 15) is 9.59 Å². The number of nitrogens with zero attached hydrogens (tertiary/aromatic N) is 1. The Hall–Kier alpha value is -1.56. The summed E-state index contributed by atoms with van der Waals surface area (Å²) < 4.78 is 5.41. The zero-order chi connectivity index (χ0) is 15.1. The molecule has 1 rings (SSSR count). The number of carbonyl (C=O) groups excluding carboxylic acids is 1. The van der Waals surface area contributed by atoms with Crippen LogP contribution in [0.3, 0.4) is 0 Å². The van der Waals surface area contributed by atoms with Gasteiger partial charge in [0.05, 0.1) is 0 Å². The third-order valence-electron chi connectivity index (χ3n) is 2.91. The minimum absolute atomic E-state index is 0.121. The van der Waals surface area contributed by atoms with E-state index in [2.05, 4.69) is 0 Å². The number of carboxylic acid groups (broad SMARTS) is 1. The minimum atomic E-state index is -1.01. The molecule has 20 heavy (non-hydrogen) atoms. The summed E-state index contributed by atoms with van der Waals surface area (Å²) in [6.07, 6.45) is 1.76. The van der Waals surface area contributed by atoms with Crippen LogP contribution in [0.4, 0.5) is 0 Å². The highest BCUT2D eigenvalue weighted by Crippen LogP contribution is 2.30. The van der Waals surface area contributed by atoms with Crippen LogP contribution in [0, 0.1) is 0 Å². The van der Waals surface area contributed by atoms with Crippen molar-refractivity contribution in [1.29, 1.82) is 0 Å². The van der Waals surface area contributed by atoms with Crippen LogP contribution in [0.1, 0.15) is 41.7 Å². The Balaban J connectivity index is 2.76. The number of hydrogen-bond acceptors (Lipinski definition) is 4. The van der Waals surface area contributed by atoms with Gasteiger partial charge in [-0.15, -0.1) is 11.3 Å². The van der Waals surface area contributed by atoms with Crippen molar-refractivity contribution in [2.75, 3.05) is 19.7 Å². The molecule has 1 aromatic heterocycles. The number of aryl methyl sites for hydroxylation is 1. The van der Waals surface area contributed by atoms with Crippen molar-refractivity contribution < 1.29 is 19.4 Å². The molecule has 0 aliphatic heterocycles. The van der Waals surface area contributed by atoms with E-state index in [-0.39, 0.29) is 17.4 Å². The number of likely N-dealkylation sites (N-methyl/N-ethyl adjacent to an activating group) is 1. The number of thiophene rings is 1. The Morgan fingerprint density at radius 2 is 1.95 bits per heavy atom. The Labute approximate surface area is 123 Å². The summed E-state index contributed by atoms with van der Waals surface area (Å²) in [6.45, 7) is 6.95. The number of hydrogen-bond donors (Lipinski definition) is 1. The fraction of sp³-hybridized carbons (Fsp3) is 0.571. The highest BCUT2D eigenvalue weighted by molar-refractivity contribution is 7.14. The van der Waals surface area contributed by atoms with Crippen LogP contribution in [0.2, 0.25) is 0 Å². The quantitative estimate of drug-likeness (QED) is 0.801. The van der Waals surface area contributed by atoms with Crippen molar-refractivity contribution in [3.05, 3.63) is 15.8 Å². The van der Waals surface area contributed by atoms with E-state index in [1.54, 1.807) is 11.0 Å². The lowest BCUT2D eigenvalue weighted by atomic mass is 10.3. The topological polar surface area (TPSA) is 66.8 Å². The molecule has 0 saturated carbocycles. The van der Waals surface area contributed by atoms with E-state index in [0.717, 1.165) is 17.7 Å². The Morgan fingerprint density at radius 1 is 1.30 bits per heavy atom. The number of amides is 1. The summed E-state index contributed by atoms with van der Waals surface area (Å²) in [6, 6.07) is 1.73. The molecule has 112 valence electrons. The first-order chi connectivity index (χ1) is 9.53. The van der Waals surface area contributed by atoms with Gasteiger partial charge in [0.1, 0.15) is 5.75 Å². The molecule has 5 nitrogen and oxygen atoms in total. The van der Waals surface area contributed by atoms with Crippen molar-refractivity contribution in [2.24, 2.45) is 0 Å². The highest BCUT2D eigenvalue weighted by atomic mass is 32.1. The number of carbonyl (C=O) groups is 2. The smallest absolute Gasteiger partial charge is 0.349 e. The molecule has 0 aliphatic rings. The minimum Gasteiger partial charge on any atom is -0.482 e. The van der Waals surface area contributed by atoms with E-state index in [1.165, 1.54) is 11.3 Å². The van der Waals surface area contributed by atoms with Crippen molar-refractivity contribution in [3.8, 4) is 5.75 Å². The fourth-order valence-corrected chi connectivity index (χ4v) is 2.90. The van der Waals surface area contributed by atoms with Crippen LogP contribution in [-0.2, 0) is 11.2 Å². The lowest BCUT2D eigenvalue weighted by molar-refractivity contribution is -0.132. The van der Waals surface area contributed by atoms with Gasteiger partial charge in [-0.3, -0.25) is 4.79 Å². The molecule has 0 aromatic carbocycles.